The van der Waals surface area contributed by atoms with Gasteiger partial charge in [0.1, 0.15) is 18.1 Å². The predicted octanol–water partition coefficient (Wildman–Crippen LogP) is 2.98. The first-order chi connectivity index (χ1) is 10.8. The molecule has 2 aromatic rings. The minimum atomic E-state index is -4.66. The molecule has 0 bridgehead atoms. The lowest BCUT2D eigenvalue weighted by Crippen LogP contribution is -2.17. The predicted molar refractivity (Wildman–Crippen MR) is 67.4 cm³/mol. The molecule has 0 aliphatic carbocycles. The van der Waals surface area contributed by atoms with Crippen LogP contribution in [0.25, 0.3) is 0 Å². The molecule has 0 saturated carbocycles. The highest BCUT2D eigenvalue weighted by molar-refractivity contribution is 5.63. The van der Waals surface area contributed by atoms with E-state index in [1.54, 1.807) is 0 Å². The molecule has 0 saturated heterocycles. The SMILES string of the molecule is O=C(OCc1ccn(C(F)(F)F)n1)Oc1ccc([N+](=O)[O-])cc1. The molecular formula is C12H8F3N3O5. The van der Waals surface area contributed by atoms with Crippen LogP contribution in [0.3, 0.4) is 0 Å². The van der Waals surface area contributed by atoms with E-state index in [4.69, 9.17) is 4.74 Å². The summed E-state index contributed by atoms with van der Waals surface area (Å²) in [5.74, 6) is -0.0126. The van der Waals surface area contributed by atoms with E-state index in [1.165, 1.54) is 12.1 Å². The summed E-state index contributed by atoms with van der Waals surface area (Å²) in [5.41, 5.74) is -0.314. The molecule has 0 atom stereocenters. The molecule has 8 nitrogen and oxygen atoms in total. The van der Waals surface area contributed by atoms with Crippen LogP contribution in [0.15, 0.2) is 36.5 Å². The number of nitrogens with zero attached hydrogens (tertiary/aromatic N) is 3. The second-order valence-corrected chi connectivity index (χ2v) is 4.11. The van der Waals surface area contributed by atoms with Crippen LogP contribution < -0.4 is 4.74 Å². The van der Waals surface area contributed by atoms with E-state index < -0.39 is 24.0 Å². The largest absolute Gasteiger partial charge is 0.514 e. The summed E-state index contributed by atoms with van der Waals surface area (Å²) < 4.78 is 46.0. The van der Waals surface area contributed by atoms with Crippen LogP contribution in [-0.4, -0.2) is 20.9 Å². The first kappa shape index (κ1) is 16.3. The van der Waals surface area contributed by atoms with Crippen molar-refractivity contribution in [3.05, 3.63) is 52.3 Å². The zero-order valence-corrected chi connectivity index (χ0v) is 11.2. The molecule has 1 heterocycles. The molecule has 11 heteroatoms. The summed E-state index contributed by atoms with van der Waals surface area (Å²) in [5, 5.41) is 13.6. The molecule has 2 rings (SSSR count). The lowest BCUT2D eigenvalue weighted by molar-refractivity contribution is -0.384. The van der Waals surface area contributed by atoms with Gasteiger partial charge in [-0.1, -0.05) is 0 Å². The molecule has 0 N–H and O–H groups in total. The van der Waals surface area contributed by atoms with Crippen molar-refractivity contribution >= 4 is 11.8 Å². The maximum Gasteiger partial charge on any atom is 0.514 e. The van der Waals surface area contributed by atoms with Gasteiger partial charge in [-0.2, -0.15) is 9.78 Å². The van der Waals surface area contributed by atoms with Crippen molar-refractivity contribution in [1.29, 1.82) is 0 Å². The third-order valence-electron chi connectivity index (χ3n) is 2.49. The summed E-state index contributed by atoms with van der Waals surface area (Å²) in [6, 6.07) is 5.63. The van der Waals surface area contributed by atoms with Crippen molar-refractivity contribution in [1.82, 2.24) is 9.78 Å². The van der Waals surface area contributed by atoms with E-state index in [-0.39, 0.29) is 21.8 Å². The van der Waals surface area contributed by atoms with Crippen LogP contribution in [0.1, 0.15) is 5.69 Å². The summed E-state index contributed by atoms with van der Waals surface area (Å²) in [6.07, 6.45) is -5.15. The topological polar surface area (TPSA) is 96.5 Å². The van der Waals surface area contributed by atoms with Crippen molar-refractivity contribution < 1.29 is 32.4 Å². The van der Waals surface area contributed by atoms with Crippen LogP contribution in [-0.2, 0) is 17.6 Å². The van der Waals surface area contributed by atoms with Gasteiger partial charge in [0.25, 0.3) is 5.69 Å². The zero-order valence-electron chi connectivity index (χ0n) is 11.2. The molecule has 0 fully saturated rings. The van der Waals surface area contributed by atoms with Gasteiger partial charge in [-0.25, -0.2) is 4.79 Å². The fourth-order valence-electron chi connectivity index (χ4n) is 1.47. The monoisotopic (exact) mass is 331 g/mol. The first-order valence-corrected chi connectivity index (χ1v) is 5.96. The Bertz CT molecular complexity index is 711. The molecule has 0 aliphatic rings. The molecule has 0 radical (unpaired) electrons. The fourth-order valence-corrected chi connectivity index (χ4v) is 1.47. The maximum absolute atomic E-state index is 12.3. The van der Waals surface area contributed by atoms with E-state index in [0.717, 1.165) is 18.2 Å². The number of rotatable bonds is 4. The molecule has 0 spiro atoms. The second kappa shape index (κ2) is 6.34. The van der Waals surface area contributed by atoms with Gasteiger partial charge in [-0.05, 0) is 18.2 Å². The second-order valence-electron chi connectivity index (χ2n) is 4.11. The van der Waals surface area contributed by atoms with E-state index in [0.29, 0.717) is 6.20 Å². The van der Waals surface area contributed by atoms with Crippen molar-refractivity contribution in [3.63, 3.8) is 0 Å². The number of ether oxygens (including phenoxy) is 2. The van der Waals surface area contributed by atoms with Gasteiger partial charge >= 0.3 is 12.5 Å². The molecule has 0 amide bonds. The molecule has 23 heavy (non-hydrogen) atoms. The number of nitro groups is 1. The standard InChI is InChI=1S/C12H8F3N3O5/c13-12(14,15)17-6-5-8(16-17)7-22-11(19)23-10-3-1-9(2-4-10)18(20)21/h1-6H,7H2. The number of alkyl halides is 3. The number of carbonyl (C=O) groups excluding carboxylic acids is 1. The number of carbonyl (C=O) groups is 1. The smallest absolute Gasteiger partial charge is 0.427 e. The van der Waals surface area contributed by atoms with Gasteiger partial charge in [-0.15, -0.1) is 13.2 Å². The van der Waals surface area contributed by atoms with Crippen molar-refractivity contribution in [2.45, 2.75) is 12.9 Å². The van der Waals surface area contributed by atoms with Gasteiger partial charge < -0.3 is 9.47 Å². The molecule has 0 aliphatic heterocycles. The van der Waals surface area contributed by atoms with Gasteiger partial charge in [0.15, 0.2) is 0 Å². The van der Waals surface area contributed by atoms with Crippen molar-refractivity contribution in [3.8, 4) is 5.75 Å². The van der Waals surface area contributed by atoms with Crippen LogP contribution in [0.2, 0.25) is 0 Å². The highest BCUT2D eigenvalue weighted by atomic mass is 19.4. The number of benzene rings is 1. The molecular weight excluding hydrogens is 323 g/mol. The summed E-state index contributed by atoms with van der Waals surface area (Å²) >= 11 is 0. The van der Waals surface area contributed by atoms with Crippen LogP contribution >= 0.6 is 0 Å². The van der Waals surface area contributed by atoms with Gasteiger partial charge in [-0.3, -0.25) is 10.1 Å². The number of nitro benzene ring substituents is 1. The normalized spacial score (nSPS) is 11.1. The summed E-state index contributed by atoms with van der Waals surface area (Å²) in [7, 11) is 0. The average Bonchev–Trinajstić information content (AvgIpc) is 2.95. The highest BCUT2D eigenvalue weighted by Crippen LogP contribution is 2.21. The number of aromatic nitrogens is 2. The van der Waals surface area contributed by atoms with E-state index in [2.05, 4.69) is 9.84 Å². The molecule has 122 valence electrons. The molecule has 1 aromatic heterocycles. The minimum Gasteiger partial charge on any atom is -0.427 e. The van der Waals surface area contributed by atoms with Crippen LogP contribution in [0.4, 0.5) is 23.7 Å². The Morgan fingerprint density at radius 1 is 1.26 bits per heavy atom. The quantitative estimate of drug-likeness (QED) is 0.370. The van der Waals surface area contributed by atoms with E-state index in [1.807, 2.05) is 0 Å². The molecule has 0 unspecified atom stereocenters. The Hall–Kier alpha value is -3.11. The summed E-state index contributed by atoms with van der Waals surface area (Å²) in [4.78, 5) is 21.2. The Morgan fingerprint density at radius 3 is 2.43 bits per heavy atom. The summed E-state index contributed by atoms with van der Waals surface area (Å²) in [6.45, 7) is -0.519. The van der Waals surface area contributed by atoms with Crippen LogP contribution in [0.5, 0.6) is 5.75 Å². The Kier molecular flexibility index (Phi) is 4.48. The van der Waals surface area contributed by atoms with Crippen molar-refractivity contribution in [2.75, 3.05) is 0 Å². The third kappa shape index (κ3) is 4.43. The Balaban J connectivity index is 1.87. The Morgan fingerprint density at radius 2 is 1.91 bits per heavy atom. The van der Waals surface area contributed by atoms with Gasteiger partial charge in [0, 0.05) is 18.3 Å². The maximum atomic E-state index is 12.3. The number of hydrogen-bond donors (Lipinski definition) is 0. The fraction of sp³-hybridized carbons (Fsp3) is 0.167. The average molecular weight is 331 g/mol. The number of non-ortho nitro benzene ring substituents is 1. The third-order valence-corrected chi connectivity index (χ3v) is 2.49. The zero-order chi connectivity index (χ0) is 17.0. The van der Waals surface area contributed by atoms with E-state index in [9.17, 15) is 28.1 Å². The number of halogens is 3. The number of hydrogen-bond acceptors (Lipinski definition) is 6. The van der Waals surface area contributed by atoms with E-state index >= 15 is 0 Å². The van der Waals surface area contributed by atoms with Gasteiger partial charge in [0.05, 0.1) is 4.92 Å². The lowest BCUT2D eigenvalue weighted by atomic mass is 10.3. The lowest BCUT2D eigenvalue weighted by Gasteiger charge is -2.05. The minimum absolute atomic E-state index is 0.0126. The van der Waals surface area contributed by atoms with Gasteiger partial charge in [0.2, 0.25) is 0 Å². The Labute approximate surface area is 126 Å². The van der Waals surface area contributed by atoms with Crippen molar-refractivity contribution in [2.24, 2.45) is 0 Å². The van der Waals surface area contributed by atoms with Crippen LogP contribution in [0, 0.1) is 10.1 Å². The molecule has 1 aromatic carbocycles. The highest BCUT2D eigenvalue weighted by Gasteiger charge is 2.31. The first-order valence-electron chi connectivity index (χ1n) is 5.96.